The predicted molar refractivity (Wildman–Crippen MR) is 422 cm³/mol. The summed E-state index contributed by atoms with van der Waals surface area (Å²) in [7, 11) is 0. The van der Waals surface area contributed by atoms with Gasteiger partial charge in [-0.25, -0.2) is 0 Å². The van der Waals surface area contributed by atoms with Crippen LogP contribution in [0.15, 0.2) is 287 Å². The van der Waals surface area contributed by atoms with E-state index in [4.69, 9.17) is 65.9 Å². The number of fused-ring (bicyclic) bond motifs is 12. The van der Waals surface area contributed by atoms with Gasteiger partial charge in [0.1, 0.15) is 11.5 Å². The van der Waals surface area contributed by atoms with Gasteiger partial charge in [0.15, 0.2) is 12.5 Å². The average molecular weight is 1420 g/mol. The summed E-state index contributed by atoms with van der Waals surface area (Å²) in [6.45, 7) is 7.17. The quantitative estimate of drug-likeness (QED) is 0.121. The third kappa shape index (κ3) is 12.9. The van der Waals surface area contributed by atoms with Crippen molar-refractivity contribution in [3.8, 4) is 0 Å². The van der Waals surface area contributed by atoms with Crippen molar-refractivity contribution in [2.75, 3.05) is 19.6 Å². The molecule has 6 heterocycles. The van der Waals surface area contributed by atoms with E-state index in [2.05, 4.69) is 276 Å². The van der Waals surface area contributed by atoms with Crippen LogP contribution >= 0.6 is 46.4 Å². The fourth-order valence-electron chi connectivity index (χ4n) is 17.2. The molecular formula is C90H78Cl4N6O2. The summed E-state index contributed by atoms with van der Waals surface area (Å²) in [5.41, 5.74) is 23.5. The number of nitrogens with zero attached hydrogens (tertiary/aromatic N) is 6. The maximum Gasteiger partial charge on any atom is 0.178 e. The topological polar surface area (TPSA) is 56.1 Å². The monoisotopic (exact) mass is 1410 g/mol. The zero-order valence-electron chi connectivity index (χ0n) is 57.1. The SMILES string of the molecule is Cc1ccc(N=C2CCCC3=C2[C@H]2c4cc(Cl)ccc4N(Cc4ccccc4)[C@@H](O3)[C@@H]2[C@H]2C=Cc3cc(Cl)ccc3N2Cc2ccccc2)cc1.Cc1ccc(N=C2CCCC3=C2[C@H]2c4cc(Cl)ccc4N(Cc4ccccc4)[C@@H](O3)[C@@H]2[C@H]2C=Cc3cc(Cl)ccc3N2Cc2ccccc2)cc1. The number of anilines is 4. The average Bonchev–Trinajstić information content (AvgIpc) is 0.712. The van der Waals surface area contributed by atoms with Crippen LogP contribution in [0.5, 0.6) is 0 Å². The van der Waals surface area contributed by atoms with Gasteiger partial charge in [-0.15, -0.1) is 0 Å². The van der Waals surface area contributed by atoms with Crippen LogP contribution in [0.25, 0.3) is 12.2 Å². The second-order valence-corrected chi connectivity index (χ2v) is 30.0. The minimum Gasteiger partial charge on any atom is -0.474 e. The Morgan fingerprint density at radius 1 is 0.363 bits per heavy atom. The summed E-state index contributed by atoms with van der Waals surface area (Å²) in [5.74, 6) is 2.22. The molecule has 0 aromatic heterocycles. The lowest BCUT2D eigenvalue weighted by molar-refractivity contribution is 0.0134. The summed E-state index contributed by atoms with van der Waals surface area (Å²) in [4.78, 5) is 20.9. The smallest absolute Gasteiger partial charge is 0.178 e. The molecule has 18 rings (SSSR count). The highest BCUT2D eigenvalue weighted by Gasteiger charge is 2.56. The van der Waals surface area contributed by atoms with Crippen molar-refractivity contribution in [1.29, 1.82) is 0 Å². The Hall–Kier alpha value is -9.54. The Morgan fingerprint density at radius 2 is 0.696 bits per heavy atom. The fraction of sp³-hybridized carbons (Fsp3) is 0.222. The zero-order valence-corrected chi connectivity index (χ0v) is 60.1. The summed E-state index contributed by atoms with van der Waals surface area (Å²) < 4.78 is 14.8. The van der Waals surface area contributed by atoms with Gasteiger partial charge in [-0.05, 0) is 181 Å². The molecule has 10 aromatic rings. The molecule has 0 saturated carbocycles. The Labute approximate surface area is 618 Å². The zero-order chi connectivity index (χ0) is 69.0. The normalized spacial score (nSPS) is 22.7. The number of benzene rings is 10. The summed E-state index contributed by atoms with van der Waals surface area (Å²) in [5, 5.41) is 2.96. The van der Waals surface area contributed by atoms with E-state index in [1.807, 2.05) is 24.3 Å². The van der Waals surface area contributed by atoms with Gasteiger partial charge in [0, 0.05) is 116 Å². The van der Waals surface area contributed by atoms with Crippen LogP contribution in [0.2, 0.25) is 20.1 Å². The van der Waals surface area contributed by atoms with E-state index in [0.29, 0.717) is 0 Å². The molecule has 8 atom stereocenters. The molecule has 0 N–H and O–H groups in total. The summed E-state index contributed by atoms with van der Waals surface area (Å²) in [6.07, 6.45) is 14.5. The molecule has 0 unspecified atom stereocenters. The molecule has 8 aliphatic rings. The lowest BCUT2D eigenvalue weighted by atomic mass is 9.66. The molecule has 2 aliphatic carbocycles. The molecule has 0 saturated heterocycles. The number of hydrogen-bond donors (Lipinski definition) is 0. The van der Waals surface area contributed by atoms with Gasteiger partial charge in [-0.2, -0.15) is 0 Å². The second kappa shape index (κ2) is 28.4. The molecule has 102 heavy (non-hydrogen) atoms. The Kier molecular flexibility index (Phi) is 18.3. The molecule has 0 amide bonds. The highest BCUT2D eigenvalue weighted by Crippen LogP contribution is 2.59. The van der Waals surface area contributed by atoms with Crippen molar-refractivity contribution < 1.29 is 9.47 Å². The van der Waals surface area contributed by atoms with E-state index in [9.17, 15) is 0 Å². The standard InChI is InChI=1S/2C45H39Cl2N3O/c2*1-29-15-20-35(21-16-29)48-37-13-8-14-41-43(37)42-36-26-34(47)19-24-39(36)50(28-31-11-6-3-7-12-31)45(51-41)44(42)40-22-17-32-25-33(46)18-23-38(32)49(40)27-30-9-4-2-5-10-30/h2*2-7,9-12,15-26,40,42,44-45H,8,13-14,27-28H2,1H3/t2*40-,42-,44-,45+/m11/s1. The molecule has 6 aliphatic heterocycles. The summed E-state index contributed by atoms with van der Waals surface area (Å²) >= 11 is 27.0. The third-order valence-electron chi connectivity index (χ3n) is 21.7. The molecule has 12 heteroatoms. The first-order valence-corrected chi connectivity index (χ1v) is 37.4. The minimum atomic E-state index is -0.219. The van der Waals surface area contributed by atoms with Crippen LogP contribution in [-0.2, 0) is 35.7 Å². The maximum atomic E-state index is 7.40. The van der Waals surface area contributed by atoms with Gasteiger partial charge < -0.3 is 29.1 Å². The van der Waals surface area contributed by atoms with Crippen LogP contribution in [0.4, 0.5) is 34.1 Å². The van der Waals surface area contributed by atoms with E-state index >= 15 is 0 Å². The molecule has 4 bridgehead atoms. The number of hydrogen-bond acceptors (Lipinski definition) is 8. The number of aryl methyl sites for hydroxylation is 2. The van der Waals surface area contributed by atoms with Gasteiger partial charge in [-0.1, -0.05) is 227 Å². The van der Waals surface area contributed by atoms with E-state index < -0.39 is 0 Å². The number of aliphatic imine (C=N–C) groups is 2. The largest absolute Gasteiger partial charge is 0.474 e. The Morgan fingerprint density at radius 3 is 1.06 bits per heavy atom. The van der Waals surface area contributed by atoms with E-state index in [1.165, 1.54) is 78.4 Å². The first-order valence-electron chi connectivity index (χ1n) is 35.9. The molecular weight excluding hydrogens is 1340 g/mol. The van der Waals surface area contributed by atoms with Gasteiger partial charge >= 0.3 is 0 Å². The number of halogens is 4. The molecule has 508 valence electrons. The predicted octanol–water partition coefficient (Wildman–Crippen LogP) is 23.4. The van der Waals surface area contributed by atoms with Gasteiger partial charge in [0.05, 0.1) is 35.3 Å². The first kappa shape index (κ1) is 65.7. The number of allylic oxidation sites excluding steroid dienone is 4. The van der Waals surface area contributed by atoms with E-state index in [-0.39, 0.29) is 48.2 Å². The van der Waals surface area contributed by atoms with Crippen molar-refractivity contribution in [2.24, 2.45) is 21.8 Å². The molecule has 0 radical (unpaired) electrons. The van der Waals surface area contributed by atoms with Crippen LogP contribution in [0, 0.1) is 25.7 Å². The van der Waals surface area contributed by atoms with Crippen molar-refractivity contribution in [2.45, 2.75) is 115 Å². The molecule has 0 spiro atoms. The van der Waals surface area contributed by atoms with Crippen molar-refractivity contribution >= 4 is 104 Å². The Bertz CT molecular complexity index is 4670. The molecule has 0 fully saturated rings. The van der Waals surface area contributed by atoms with Crippen molar-refractivity contribution in [3.05, 3.63) is 353 Å². The van der Waals surface area contributed by atoms with Gasteiger partial charge in [0.25, 0.3) is 0 Å². The van der Waals surface area contributed by atoms with Crippen LogP contribution in [-0.4, -0.2) is 36.0 Å². The minimum absolute atomic E-state index is 0.00381. The Balaban J connectivity index is 0.000000152. The van der Waals surface area contributed by atoms with Crippen LogP contribution in [0.3, 0.4) is 0 Å². The van der Waals surface area contributed by atoms with Crippen LogP contribution in [0.1, 0.15) is 106 Å². The molecule has 8 nitrogen and oxygen atoms in total. The molecule has 10 aromatic carbocycles. The fourth-order valence-corrected chi connectivity index (χ4v) is 18.0. The number of rotatable bonds is 12. The highest BCUT2D eigenvalue weighted by molar-refractivity contribution is 6.32. The summed E-state index contributed by atoms with van der Waals surface area (Å²) in [6, 6.07) is 85.4. The second-order valence-electron chi connectivity index (χ2n) is 28.3. The highest BCUT2D eigenvalue weighted by atomic mass is 35.5. The van der Waals surface area contributed by atoms with Gasteiger partial charge in [-0.3, -0.25) is 9.98 Å². The lowest BCUT2D eigenvalue weighted by Crippen LogP contribution is -2.59. The third-order valence-corrected chi connectivity index (χ3v) is 22.7. The lowest BCUT2D eigenvalue weighted by Gasteiger charge is -2.56. The number of ether oxygens (including phenoxy) is 2. The van der Waals surface area contributed by atoms with Crippen LogP contribution < -0.4 is 19.6 Å². The van der Waals surface area contributed by atoms with Gasteiger partial charge in [0.2, 0.25) is 0 Å². The maximum absolute atomic E-state index is 7.40. The van der Waals surface area contributed by atoms with E-state index in [1.54, 1.807) is 0 Å². The van der Waals surface area contributed by atoms with Crippen molar-refractivity contribution in [3.63, 3.8) is 0 Å². The first-order chi connectivity index (χ1) is 50.0. The van der Waals surface area contributed by atoms with E-state index in [0.717, 1.165) is 130 Å². The van der Waals surface area contributed by atoms with Crippen molar-refractivity contribution in [1.82, 2.24) is 0 Å².